The van der Waals surface area contributed by atoms with E-state index in [4.69, 9.17) is 14.9 Å². The number of nitrogens with two attached hydrogens (primary N) is 1. The van der Waals surface area contributed by atoms with Gasteiger partial charge < -0.3 is 19.8 Å². The van der Waals surface area contributed by atoms with Gasteiger partial charge in [-0.3, -0.25) is 14.3 Å². The number of fused-ring (bicyclic) bond motifs is 3. The number of aromatic nitrogens is 5. The number of hydrogen-bond acceptors (Lipinski definition) is 10. The van der Waals surface area contributed by atoms with Crippen LogP contribution in [0.5, 0.6) is 5.75 Å². The van der Waals surface area contributed by atoms with E-state index in [9.17, 15) is 9.18 Å². The predicted molar refractivity (Wildman–Crippen MR) is 153 cm³/mol. The zero-order valence-electron chi connectivity index (χ0n) is 21.3. The van der Waals surface area contributed by atoms with Gasteiger partial charge in [0.2, 0.25) is 11.8 Å². The van der Waals surface area contributed by atoms with E-state index >= 15 is 0 Å². The number of rotatable bonds is 9. The van der Waals surface area contributed by atoms with Gasteiger partial charge >= 0.3 is 4.87 Å². The molecule has 5 heterocycles. The molecule has 204 valence electrons. The minimum absolute atomic E-state index is 0.131. The lowest BCUT2D eigenvalue weighted by molar-refractivity contribution is 0.248. The predicted octanol–water partition coefficient (Wildman–Crippen LogP) is 2.13. The first-order valence-corrected chi connectivity index (χ1v) is 14.9. The molecule has 0 radical (unpaired) electrons. The molecule has 2 N–H and O–H groups in total. The Morgan fingerprint density at radius 1 is 1.15 bits per heavy atom. The van der Waals surface area contributed by atoms with Crippen LogP contribution in [0, 0.1) is 5.82 Å². The zero-order valence-corrected chi connectivity index (χ0v) is 23.0. The maximum absolute atomic E-state index is 14.8. The van der Waals surface area contributed by atoms with Crippen molar-refractivity contribution in [2.45, 2.75) is 6.54 Å². The normalized spacial score (nSPS) is 14.6. The molecule has 1 aliphatic rings. The maximum Gasteiger partial charge on any atom is 0.309 e. The van der Waals surface area contributed by atoms with Crippen molar-refractivity contribution >= 4 is 50.7 Å². The van der Waals surface area contributed by atoms with Gasteiger partial charge in [-0.15, -0.1) is 5.10 Å². The Morgan fingerprint density at radius 3 is 2.74 bits per heavy atom. The molecule has 0 amide bonds. The van der Waals surface area contributed by atoms with Gasteiger partial charge in [0.1, 0.15) is 28.6 Å². The standard InChI is InChI=1S/C25H27FN8O3S2/c1-38-14-13-36-16-4-5-18(17(26)15-16)32-9-6-31(7-10-32)8-11-33-22-20(39-25(33)35)23-28-21(19-3-2-12-37-19)30-34(23)24(27)29-22/h2-5,12,15H,6-11,13-14H2,1H3,(H2,27,29)/p+1. The summed E-state index contributed by atoms with van der Waals surface area (Å²) in [5, 5.41) is 4.40. The van der Waals surface area contributed by atoms with Crippen LogP contribution in [0.25, 0.3) is 27.6 Å². The highest BCUT2D eigenvalue weighted by Crippen LogP contribution is 2.27. The van der Waals surface area contributed by atoms with Crippen LogP contribution in [0.4, 0.5) is 16.0 Å². The largest absolute Gasteiger partial charge is 0.489 e. The lowest BCUT2D eigenvalue weighted by atomic mass is 10.2. The number of ether oxygens (including phenoxy) is 1. The number of furan rings is 1. The van der Waals surface area contributed by atoms with Crippen LogP contribution in [0.15, 0.2) is 45.8 Å². The van der Waals surface area contributed by atoms with Gasteiger partial charge in [0, 0.05) is 45.3 Å². The molecular weight excluding hydrogens is 543 g/mol. The van der Waals surface area contributed by atoms with E-state index in [1.54, 1.807) is 29.0 Å². The minimum atomic E-state index is -0.273. The molecule has 1 aliphatic heterocycles. The van der Waals surface area contributed by atoms with Gasteiger partial charge in [-0.1, -0.05) is 11.3 Å². The fourth-order valence-electron chi connectivity index (χ4n) is 4.68. The van der Waals surface area contributed by atoms with Crippen LogP contribution < -0.4 is 20.2 Å². The van der Waals surface area contributed by atoms with E-state index in [0.717, 1.165) is 30.2 Å². The summed E-state index contributed by atoms with van der Waals surface area (Å²) in [6.45, 7) is 4.57. The molecule has 4 aromatic heterocycles. The van der Waals surface area contributed by atoms with Crippen LogP contribution in [0.3, 0.4) is 0 Å². The number of halogens is 1. The highest BCUT2D eigenvalue weighted by molar-refractivity contribution is 7.77. The topological polar surface area (TPSA) is 120 Å². The van der Waals surface area contributed by atoms with E-state index in [-0.39, 0.29) is 16.6 Å². The van der Waals surface area contributed by atoms with Crippen molar-refractivity contribution in [3.63, 3.8) is 0 Å². The second kappa shape index (κ2) is 10.9. The number of nitrogens with zero attached hydrogens (tertiary/aromatic N) is 7. The van der Waals surface area contributed by atoms with Crippen LogP contribution >= 0.6 is 11.3 Å². The van der Waals surface area contributed by atoms with Crippen molar-refractivity contribution in [2.75, 3.05) is 62.0 Å². The molecule has 1 aromatic carbocycles. The molecule has 1 fully saturated rings. The van der Waals surface area contributed by atoms with Crippen molar-refractivity contribution < 1.29 is 13.5 Å². The summed E-state index contributed by atoms with van der Waals surface area (Å²) in [6, 6.07) is 8.59. The SMILES string of the molecule is C[SH+]CCOc1ccc(N2CCN(CCn3c(=O)sc4c3nc(N)n3nc(-c5ccco5)nc43)CC2)c(F)c1. The first-order chi connectivity index (χ1) is 19.0. The van der Waals surface area contributed by atoms with Crippen LogP contribution in [-0.4, -0.2) is 80.4 Å². The van der Waals surface area contributed by atoms with E-state index < -0.39 is 0 Å². The Bertz CT molecular complexity index is 1660. The second-order valence-corrected chi connectivity index (χ2v) is 11.2. The van der Waals surface area contributed by atoms with Crippen LogP contribution in [0.1, 0.15) is 0 Å². The monoisotopic (exact) mass is 571 g/mol. The third kappa shape index (κ3) is 5.06. The van der Waals surface area contributed by atoms with E-state index in [1.807, 2.05) is 11.0 Å². The first-order valence-electron chi connectivity index (χ1n) is 12.6. The van der Waals surface area contributed by atoms with Gasteiger partial charge in [-0.05, 0) is 36.0 Å². The van der Waals surface area contributed by atoms with Gasteiger partial charge in [0.25, 0.3) is 0 Å². The summed E-state index contributed by atoms with van der Waals surface area (Å²) < 4.78 is 29.5. The van der Waals surface area contributed by atoms with Crippen molar-refractivity contribution in [3.8, 4) is 17.3 Å². The molecule has 1 saturated heterocycles. The number of thiol groups is 1. The average molecular weight is 572 g/mol. The molecule has 0 bridgehead atoms. The summed E-state index contributed by atoms with van der Waals surface area (Å²) in [5.41, 5.74) is 7.74. The lowest BCUT2D eigenvalue weighted by Crippen LogP contribution is -2.47. The van der Waals surface area contributed by atoms with Crippen molar-refractivity contribution in [3.05, 3.63) is 52.1 Å². The van der Waals surface area contributed by atoms with Crippen molar-refractivity contribution in [1.82, 2.24) is 29.0 Å². The van der Waals surface area contributed by atoms with Crippen LogP contribution in [0.2, 0.25) is 0 Å². The lowest BCUT2D eigenvalue weighted by Gasteiger charge is -2.36. The smallest absolute Gasteiger partial charge is 0.309 e. The molecule has 0 aliphatic carbocycles. The highest BCUT2D eigenvalue weighted by atomic mass is 32.2. The molecule has 0 spiro atoms. The maximum atomic E-state index is 14.8. The number of hydrogen-bond donors (Lipinski definition) is 1. The third-order valence-corrected chi connectivity index (χ3v) is 8.31. The van der Waals surface area contributed by atoms with Gasteiger partial charge in [-0.2, -0.15) is 9.50 Å². The van der Waals surface area contributed by atoms with Gasteiger partial charge in [-0.25, -0.2) is 9.37 Å². The van der Waals surface area contributed by atoms with E-state index in [0.29, 0.717) is 71.8 Å². The molecule has 14 heteroatoms. The molecule has 0 atom stereocenters. The Morgan fingerprint density at radius 2 is 2.00 bits per heavy atom. The summed E-state index contributed by atoms with van der Waals surface area (Å²) in [7, 11) is 0. The van der Waals surface area contributed by atoms with Crippen molar-refractivity contribution in [2.24, 2.45) is 0 Å². The average Bonchev–Trinajstić information content (AvgIpc) is 3.68. The molecular formula is C25H28FN8O3S2+. The Labute approximate surface area is 231 Å². The number of anilines is 2. The molecule has 11 nitrogen and oxygen atoms in total. The summed E-state index contributed by atoms with van der Waals surface area (Å²) in [4.78, 5) is 26.1. The number of benzene rings is 1. The quantitative estimate of drug-likeness (QED) is 0.161. The summed E-state index contributed by atoms with van der Waals surface area (Å²) in [5.74, 6) is 2.23. The Kier molecular flexibility index (Phi) is 7.14. The molecule has 39 heavy (non-hydrogen) atoms. The summed E-state index contributed by atoms with van der Waals surface area (Å²) >= 11 is 2.33. The number of nitrogen functional groups attached to an aromatic ring is 1. The van der Waals surface area contributed by atoms with Gasteiger partial charge in [0.05, 0.1) is 18.2 Å². The van der Waals surface area contributed by atoms with E-state index in [1.165, 1.54) is 22.3 Å². The zero-order chi connectivity index (χ0) is 26.9. The second-order valence-electron chi connectivity index (χ2n) is 9.12. The number of thiazole rings is 1. The van der Waals surface area contributed by atoms with Crippen LogP contribution in [-0.2, 0) is 18.3 Å². The fraction of sp³-hybridized carbons (Fsp3) is 0.360. The summed E-state index contributed by atoms with van der Waals surface area (Å²) in [6.07, 6.45) is 3.61. The third-order valence-electron chi connectivity index (χ3n) is 6.71. The van der Waals surface area contributed by atoms with E-state index in [2.05, 4.69) is 26.2 Å². The van der Waals surface area contributed by atoms with Gasteiger partial charge in [0.15, 0.2) is 17.1 Å². The molecule has 0 saturated carbocycles. The molecule has 5 aromatic rings. The first kappa shape index (κ1) is 25.6. The Balaban J connectivity index is 1.13. The Hall–Kier alpha value is -3.62. The highest BCUT2D eigenvalue weighted by Gasteiger charge is 2.22. The van der Waals surface area contributed by atoms with Crippen molar-refractivity contribution in [1.29, 1.82) is 0 Å². The molecule has 6 rings (SSSR count). The fourth-order valence-corrected chi connectivity index (χ4v) is 5.89. The number of piperazine rings is 1. The minimum Gasteiger partial charge on any atom is -0.489 e. The molecule has 0 unspecified atom stereocenters.